The van der Waals surface area contributed by atoms with Crippen molar-refractivity contribution in [2.75, 3.05) is 25.0 Å². The van der Waals surface area contributed by atoms with E-state index in [9.17, 15) is 4.79 Å². The Morgan fingerprint density at radius 1 is 1.30 bits per heavy atom. The largest absolute Gasteiger partial charge is 0.371 e. The van der Waals surface area contributed by atoms with Crippen LogP contribution in [0.2, 0.25) is 10.2 Å². The van der Waals surface area contributed by atoms with Gasteiger partial charge in [0.2, 0.25) is 0 Å². The fourth-order valence-electron chi connectivity index (χ4n) is 2.32. The zero-order valence-electron chi connectivity index (χ0n) is 12.2. The van der Waals surface area contributed by atoms with Crippen molar-refractivity contribution in [2.24, 2.45) is 0 Å². The molecule has 1 aromatic heterocycles. The van der Waals surface area contributed by atoms with Crippen LogP contribution in [0.3, 0.4) is 0 Å². The van der Waals surface area contributed by atoms with Gasteiger partial charge in [-0.25, -0.2) is 4.98 Å². The number of nitrogens with one attached hydrogen (secondary N) is 2. The first kappa shape index (κ1) is 16.2. The summed E-state index contributed by atoms with van der Waals surface area (Å²) in [7, 11) is 0. The molecule has 23 heavy (non-hydrogen) atoms. The number of benzene rings is 1. The van der Waals surface area contributed by atoms with Gasteiger partial charge < -0.3 is 15.4 Å². The van der Waals surface area contributed by atoms with Gasteiger partial charge in [0.25, 0.3) is 5.91 Å². The number of halogens is 2. The van der Waals surface area contributed by atoms with Gasteiger partial charge in [0.15, 0.2) is 0 Å². The smallest absolute Gasteiger partial charge is 0.257 e. The first-order valence-electron chi connectivity index (χ1n) is 7.18. The third-order valence-electron chi connectivity index (χ3n) is 3.53. The Morgan fingerprint density at radius 2 is 2.17 bits per heavy atom. The molecule has 2 N–H and O–H groups in total. The van der Waals surface area contributed by atoms with E-state index in [2.05, 4.69) is 15.6 Å². The molecule has 0 radical (unpaired) electrons. The molecular weight excluding hydrogens is 337 g/mol. The summed E-state index contributed by atoms with van der Waals surface area (Å²) in [6, 6.07) is 8.66. The number of rotatable bonds is 3. The maximum absolute atomic E-state index is 12.2. The molecule has 1 saturated heterocycles. The van der Waals surface area contributed by atoms with E-state index in [1.807, 2.05) is 12.1 Å². The number of nitrogens with zero attached hydrogens (tertiary/aromatic N) is 1. The summed E-state index contributed by atoms with van der Waals surface area (Å²) in [5.41, 5.74) is 1.93. The number of carbonyl (C=O) groups excluding carboxylic acids is 1. The first-order valence-corrected chi connectivity index (χ1v) is 7.94. The van der Waals surface area contributed by atoms with Crippen LogP contribution in [0.15, 0.2) is 36.5 Å². The molecule has 0 spiro atoms. The fraction of sp³-hybridized carbons (Fsp3) is 0.250. The SMILES string of the molecule is O=C(Nc1ccc(C2CNCCO2)cc1Cl)c1ccc(Cl)nc1. The van der Waals surface area contributed by atoms with E-state index in [-0.39, 0.29) is 12.0 Å². The molecule has 1 fully saturated rings. The number of morpholine rings is 1. The van der Waals surface area contributed by atoms with Crippen LogP contribution in [0.1, 0.15) is 22.0 Å². The van der Waals surface area contributed by atoms with Crippen molar-refractivity contribution in [3.8, 4) is 0 Å². The highest BCUT2D eigenvalue weighted by Crippen LogP contribution is 2.28. The van der Waals surface area contributed by atoms with E-state index in [4.69, 9.17) is 27.9 Å². The molecule has 0 aliphatic carbocycles. The Bertz CT molecular complexity index is 701. The van der Waals surface area contributed by atoms with Crippen LogP contribution in [0, 0.1) is 0 Å². The molecule has 5 nitrogen and oxygen atoms in total. The van der Waals surface area contributed by atoms with Gasteiger partial charge in [-0.15, -0.1) is 0 Å². The monoisotopic (exact) mass is 351 g/mol. The van der Waals surface area contributed by atoms with Gasteiger partial charge in [0.05, 0.1) is 29.0 Å². The topological polar surface area (TPSA) is 63.2 Å². The summed E-state index contributed by atoms with van der Waals surface area (Å²) in [6.45, 7) is 2.27. The first-order chi connectivity index (χ1) is 11.1. The maximum atomic E-state index is 12.2. The quantitative estimate of drug-likeness (QED) is 0.832. The number of anilines is 1. The zero-order chi connectivity index (χ0) is 16.2. The van der Waals surface area contributed by atoms with Crippen molar-refractivity contribution in [2.45, 2.75) is 6.10 Å². The highest BCUT2D eigenvalue weighted by molar-refractivity contribution is 6.34. The number of carbonyl (C=O) groups is 1. The van der Waals surface area contributed by atoms with E-state index < -0.39 is 0 Å². The molecule has 0 bridgehead atoms. The minimum absolute atomic E-state index is 0.0218. The lowest BCUT2D eigenvalue weighted by Gasteiger charge is -2.24. The van der Waals surface area contributed by atoms with E-state index in [0.717, 1.165) is 18.7 Å². The number of pyridine rings is 1. The van der Waals surface area contributed by atoms with Crippen molar-refractivity contribution < 1.29 is 9.53 Å². The molecule has 1 unspecified atom stereocenters. The van der Waals surface area contributed by atoms with Crippen LogP contribution in [0.4, 0.5) is 5.69 Å². The Balaban J connectivity index is 1.73. The molecule has 3 rings (SSSR count). The summed E-state index contributed by atoms with van der Waals surface area (Å²) >= 11 is 12.0. The summed E-state index contributed by atoms with van der Waals surface area (Å²) in [4.78, 5) is 16.1. The zero-order valence-corrected chi connectivity index (χ0v) is 13.7. The molecule has 1 atom stereocenters. The van der Waals surface area contributed by atoms with Gasteiger partial charge in [0.1, 0.15) is 5.15 Å². The second-order valence-electron chi connectivity index (χ2n) is 5.13. The van der Waals surface area contributed by atoms with Gasteiger partial charge >= 0.3 is 0 Å². The van der Waals surface area contributed by atoms with Crippen molar-refractivity contribution >= 4 is 34.8 Å². The van der Waals surface area contributed by atoms with Crippen LogP contribution in [-0.4, -0.2) is 30.6 Å². The summed E-state index contributed by atoms with van der Waals surface area (Å²) in [6.07, 6.45) is 1.40. The van der Waals surface area contributed by atoms with Crippen molar-refractivity contribution in [3.63, 3.8) is 0 Å². The maximum Gasteiger partial charge on any atom is 0.257 e. The van der Waals surface area contributed by atoms with Crippen LogP contribution in [0.25, 0.3) is 0 Å². The minimum Gasteiger partial charge on any atom is -0.371 e. The second-order valence-corrected chi connectivity index (χ2v) is 5.92. The van der Waals surface area contributed by atoms with E-state index in [0.29, 0.717) is 28.0 Å². The van der Waals surface area contributed by atoms with Crippen molar-refractivity contribution in [1.82, 2.24) is 10.3 Å². The Labute approximate surface area is 144 Å². The summed E-state index contributed by atoms with van der Waals surface area (Å²) < 4.78 is 5.69. The molecular formula is C16H15Cl2N3O2. The van der Waals surface area contributed by atoms with Gasteiger partial charge in [0, 0.05) is 19.3 Å². The predicted octanol–water partition coefficient (Wildman–Crippen LogP) is 3.30. The molecule has 1 aromatic carbocycles. The van der Waals surface area contributed by atoms with Crippen molar-refractivity contribution in [1.29, 1.82) is 0 Å². The number of hydrogen-bond donors (Lipinski definition) is 2. The number of aromatic nitrogens is 1. The lowest BCUT2D eigenvalue weighted by atomic mass is 10.1. The van der Waals surface area contributed by atoms with E-state index in [1.54, 1.807) is 18.2 Å². The highest BCUT2D eigenvalue weighted by atomic mass is 35.5. The Kier molecular flexibility index (Phi) is 5.13. The molecule has 7 heteroatoms. The molecule has 1 amide bonds. The normalized spacial score (nSPS) is 17.7. The van der Waals surface area contributed by atoms with Crippen LogP contribution < -0.4 is 10.6 Å². The fourth-order valence-corrected chi connectivity index (χ4v) is 2.67. The van der Waals surface area contributed by atoms with Crippen LogP contribution >= 0.6 is 23.2 Å². The molecule has 0 saturated carbocycles. The summed E-state index contributed by atoms with van der Waals surface area (Å²) in [5, 5.41) is 6.84. The van der Waals surface area contributed by atoms with Gasteiger partial charge in [-0.3, -0.25) is 4.79 Å². The molecule has 2 heterocycles. The lowest BCUT2D eigenvalue weighted by molar-refractivity contribution is 0.0277. The highest BCUT2D eigenvalue weighted by Gasteiger charge is 2.17. The van der Waals surface area contributed by atoms with E-state index >= 15 is 0 Å². The van der Waals surface area contributed by atoms with Crippen LogP contribution in [0.5, 0.6) is 0 Å². The molecule has 2 aromatic rings. The number of ether oxygens (including phenoxy) is 1. The molecule has 120 valence electrons. The van der Waals surface area contributed by atoms with Crippen molar-refractivity contribution in [3.05, 3.63) is 57.8 Å². The number of amides is 1. The van der Waals surface area contributed by atoms with E-state index in [1.165, 1.54) is 6.20 Å². The third-order valence-corrected chi connectivity index (χ3v) is 4.07. The Morgan fingerprint density at radius 3 is 2.83 bits per heavy atom. The van der Waals surface area contributed by atoms with Gasteiger partial charge in [-0.05, 0) is 29.8 Å². The Hall–Kier alpha value is -1.66. The standard InChI is InChI=1S/C16H15Cl2N3O2/c17-12-7-10(14-9-19-5-6-23-14)1-3-13(12)21-16(22)11-2-4-15(18)20-8-11/h1-4,7-8,14,19H,5-6,9H2,(H,21,22). The molecule has 1 aliphatic heterocycles. The minimum atomic E-state index is -0.292. The van der Waals surface area contributed by atoms with Gasteiger partial charge in [-0.2, -0.15) is 0 Å². The molecule has 1 aliphatic rings. The second kappa shape index (κ2) is 7.27. The lowest BCUT2D eigenvalue weighted by Crippen LogP contribution is -2.33. The van der Waals surface area contributed by atoms with Gasteiger partial charge in [-0.1, -0.05) is 29.3 Å². The van der Waals surface area contributed by atoms with Crippen LogP contribution in [-0.2, 0) is 4.74 Å². The predicted molar refractivity (Wildman–Crippen MR) is 90.2 cm³/mol. The average Bonchev–Trinajstić information content (AvgIpc) is 2.58. The number of hydrogen-bond acceptors (Lipinski definition) is 4. The average molecular weight is 352 g/mol. The third kappa shape index (κ3) is 4.00. The summed E-state index contributed by atoms with van der Waals surface area (Å²) in [5.74, 6) is -0.292.